The third-order valence-corrected chi connectivity index (χ3v) is 5.14. The second-order valence-corrected chi connectivity index (χ2v) is 9.27. The molecule has 0 unspecified atom stereocenters. The molecule has 0 fully saturated rings. The lowest BCUT2D eigenvalue weighted by atomic mass is 9.96. The van der Waals surface area contributed by atoms with E-state index in [0.29, 0.717) is 17.9 Å². The first-order chi connectivity index (χ1) is 17.6. The highest BCUT2D eigenvalue weighted by Crippen LogP contribution is 2.19. The Morgan fingerprint density at radius 2 is 1.57 bits per heavy atom. The topological polar surface area (TPSA) is 47.6 Å². The fourth-order valence-corrected chi connectivity index (χ4v) is 3.11. The highest BCUT2D eigenvalue weighted by molar-refractivity contribution is 5.84. The van der Waals surface area contributed by atoms with E-state index in [0.717, 1.165) is 24.1 Å². The molecule has 0 saturated heterocycles. The van der Waals surface area contributed by atoms with Gasteiger partial charge in [-0.1, -0.05) is 90.1 Å². The van der Waals surface area contributed by atoms with Crippen LogP contribution in [0.25, 0.3) is 5.57 Å². The summed E-state index contributed by atoms with van der Waals surface area (Å²) < 4.78 is 2.18. The van der Waals surface area contributed by atoms with E-state index in [2.05, 4.69) is 95.0 Å². The van der Waals surface area contributed by atoms with Gasteiger partial charge in [-0.15, -0.1) is 0 Å². The molecule has 0 bridgehead atoms. The molecule has 1 aliphatic heterocycles. The fourth-order valence-electron chi connectivity index (χ4n) is 3.11. The number of aliphatic hydroxyl groups is 1. The molecule has 4 heteroatoms. The lowest BCUT2D eigenvalue weighted by molar-refractivity contribution is -0.492. The lowest BCUT2D eigenvalue weighted by Gasteiger charge is -2.17. The van der Waals surface area contributed by atoms with Crippen LogP contribution in [0.2, 0.25) is 0 Å². The monoisotopic (exact) mass is 504 g/mol. The number of nitrogens with zero attached hydrogens (tertiary/aromatic N) is 2. The van der Waals surface area contributed by atoms with E-state index in [1.807, 2.05) is 30.4 Å². The van der Waals surface area contributed by atoms with Crippen LogP contribution in [-0.4, -0.2) is 42.2 Å². The van der Waals surface area contributed by atoms with E-state index >= 15 is 0 Å². The molecule has 0 spiro atoms. The SMILES string of the molecule is C=C(/N=C\C=C(/C)c1ccccc1)NCC1=C(/C(C)=C/C=C(/O)C(=C)C)C=[N+](C)CC1.CCC.CCC. The average molecular weight is 505 g/mol. The van der Waals surface area contributed by atoms with Crippen LogP contribution in [0.15, 0.2) is 101 Å². The third-order valence-electron chi connectivity index (χ3n) is 5.14. The Balaban J connectivity index is 0.00000196. The van der Waals surface area contributed by atoms with Gasteiger partial charge in [-0.05, 0) is 60.8 Å². The minimum absolute atomic E-state index is 0.199. The van der Waals surface area contributed by atoms with Gasteiger partial charge in [0, 0.05) is 24.8 Å². The van der Waals surface area contributed by atoms with E-state index < -0.39 is 0 Å². The average Bonchev–Trinajstić information content (AvgIpc) is 2.87. The van der Waals surface area contributed by atoms with Crippen LogP contribution in [0.3, 0.4) is 0 Å². The zero-order chi connectivity index (χ0) is 28.2. The number of allylic oxidation sites excluding steroid dienone is 7. The maximum atomic E-state index is 9.90. The summed E-state index contributed by atoms with van der Waals surface area (Å²) in [6.07, 6.45) is 13.0. The van der Waals surface area contributed by atoms with Crippen LogP contribution >= 0.6 is 0 Å². The van der Waals surface area contributed by atoms with Crippen molar-refractivity contribution < 1.29 is 9.68 Å². The molecule has 202 valence electrons. The fraction of sp³-hybridized carbons (Fsp3) is 0.394. The van der Waals surface area contributed by atoms with E-state index in [1.54, 1.807) is 19.2 Å². The summed E-state index contributed by atoms with van der Waals surface area (Å²) in [5.41, 5.74) is 6.53. The highest BCUT2D eigenvalue weighted by Gasteiger charge is 2.17. The van der Waals surface area contributed by atoms with Gasteiger partial charge in [0.15, 0.2) is 6.21 Å². The molecule has 37 heavy (non-hydrogen) atoms. The zero-order valence-electron chi connectivity index (χ0n) is 24.6. The largest absolute Gasteiger partial charge is 0.508 e. The van der Waals surface area contributed by atoms with Gasteiger partial charge in [0.1, 0.15) is 25.2 Å². The standard InChI is InChI=1S/C27H33N3O.2C3H8/c1-20(2)27(31)13-12-22(4)26-19-30(6)17-15-25(26)18-29-23(5)28-16-14-21(3)24-10-8-7-9-11-24;2*1-3-2/h7-14,16,19,29H,1,5,15,17-18H2,2-4,6H3;2*3H2,1-2H3/p+1/b21-14+,22-12+,27-13+,28-16-;;. The normalized spacial score (nSPS) is 14.3. The smallest absolute Gasteiger partial charge is 0.170 e. The van der Waals surface area contributed by atoms with Crippen molar-refractivity contribution in [3.63, 3.8) is 0 Å². The second kappa shape index (κ2) is 19.7. The molecule has 0 aromatic heterocycles. The van der Waals surface area contributed by atoms with Crippen molar-refractivity contribution in [2.45, 2.75) is 67.7 Å². The molecule has 0 amide bonds. The molecule has 1 aromatic rings. The maximum Gasteiger partial charge on any atom is 0.170 e. The Bertz CT molecular complexity index is 1030. The summed E-state index contributed by atoms with van der Waals surface area (Å²) >= 11 is 0. The minimum Gasteiger partial charge on any atom is -0.508 e. The summed E-state index contributed by atoms with van der Waals surface area (Å²) in [4.78, 5) is 4.42. The predicted octanol–water partition coefficient (Wildman–Crippen LogP) is 8.43. The summed E-state index contributed by atoms with van der Waals surface area (Å²) in [5, 5.41) is 13.2. The summed E-state index contributed by atoms with van der Waals surface area (Å²) in [6.45, 7) is 23.8. The van der Waals surface area contributed by atoms with Crippen molar-refractivity contribution in [3.8, 4) is 0 Å². The van der Waals surface area contributed by atoms with Crippen LogP contribution < -0.4 is 5.32 Å². The van der Waals surface area contributed by atoms with Gasteiger partial charge in [-0.3, -0.25) is 0 Å². The van der Waals surface area contributed by atoms with Crippen LogP contribution in [0, 0.1) is 0 Å². The number of aliphatic imine (C=N–C) groups is 1. The van der Waals surface area contributed by atoms with Crippen LogP contribution in [0.1, 0.15) is 73.3 Å². The minimum atomic E-state index is 0.199. The first-order valence-corrected chi connectivity index (χ1v) is 13.3. The Labute approximate surface area is 226 Å². The molecule has 0 atom stereocenters. The molecule has 2 rings (SSSR count). The first-order valence-electron chi connectivity index (χ1n) is 13.3. The van der Waals surface area contributed by atoms with Gasteiger partial charge < -0.3 is 10.4 Å². The Kier molecular flexibility index (Phi) is 17.9. The molecule has 1 aromatic carbocycles. The highest BCUT2D eigenvalue weighted by atomic mass is 16.3. The Morgan fingerprint density at radius 1 is 0.973 bits per heavy atom. The van der Waals surface area contributed by atoms with Crippen molar-refractivity contribution in [1.29, 1.82) is 0 Å². The van der Waals surface area contributed by atoms with E-state index in [-0.39, 0.29) is 5.76 Å². The lowest BCUT2D eigenvalue weighted by Crippen LogP contribution is -2.24. The van der Waals surface area contributed by atoms with Gasteiger partial charge in [-0.25, -0.2) is 9.57 Å². The molecule has 1 aliphatic rings. The van der Waals surface area contributed by atoms with Crippen LogP contribution in [0.5, 0.6) is 0 Å². The number of benzene rings is 1. The van der Waals surface area contributed by atoms with E-state index in [9.17, 15) is 5.11 Å². The van der Waals surface area contributed by atoms with Crippen LogP contribution in [-0.2, 0) is 0 Å². The van der Waals surface area contributed by atoms with Crippen molar-refractivity contribution in [2.24, 2.45) is 4.99 Å². The molecule has 2 N–H and O–H groups in total. The van der Waals surface area contributed by atoms with Crippen molar-refractivity contribution in [3.05, 3.63) is 101 Å². The van der Waals surface area contributed by atoms with Gasteiger partial charge in [0.2, 0.25) is 0 Å². The summed E-state index contributed by atoms with van der Waals surface area (Å²) in [5.74, 6) is 0.828. The third kappa shape index (κ3) is 14.7. The van der Waals surface area contributed by atoms with Crippen molar-refractivity contribution in [1.82, 2.24) is 5.32 Å². The van der Waals surface area contributed by atoms with E-state index in [4.69, 9.17) is 0 Å². The van der Waals surface area contributed by atoms with E-state index in [1.165, 1.54) is 29.6 Å². The van der Waals surface area contributed by atoms with Gasteiger partial charge >= 0.3 is 0 Å². The molecule has 0 radical (unpaired) electrons. The summed E-state index contributed by atoms with van der Waals surface area (Å²) in [7, 11) is 2.07. The van der Waals surface area contributed by atoms with Crippen LogP contribution in [0.4, 0.5) is 0 Å². The Hall–Kier alpha value is -3.40. The molecule has 0 aliphatic carbocycles. The number of aliphatic hydroxyl groups excluding tert-OH is 1. The quantitative estimate of drug-likeness (QED) is 0.153. The number of hydrogen-bond acceptors (Lipinski definition) is 3. The number of rotatable bonds is 9. The van der Waals surface area contributed by atoms with Gasteiger partial charge in [0.25, 0.3) is 0 Å². The molecular weight excluding hydrogens is 454 g/mol. The Morgan fingerprint density at radius 3 is 2.14 bits per heavy atom. The predicted molar refractivity (Wildman–Crippen MR) is 166 cm³/mol. The van der Waals surface area contributed by atoms with Crippen molar-refractivity contribution >= 4 is 18.0 Å². The number of nitrogens with one attached hydrogen (secondary N) is 1. The summed E-state index contributed by atoms with van der Waals surface area (Å²) in [6, 6.07) is 10.2. The van der Waals surface area contributed by atoms with Crippen molar-refractivity contribution in [2.75, 3.05) is 20.1 Å². The molecule has 0 saturated carbocycles. The zero-order valence-corrected chi connectivity index (χ0v) is 24.6. The first kappa shape index (κ1) is 33.6. The van der Waals surface area contributed by atoms with Gasteiger partial charge in [0.05, 0.1) is 0 Å². The molecule has 1 heterocycles. The van der Waals surface area contributed by atoms with Gasteiger partial charge in [-0.2, -0.15) is 0 Å². The number of hydrogen-bond donors (Lipinski definition) is 2. The molecule has 4 nitrogen and oxygen atoms in total. The maximum absolute atomic E-state index is 9.90. The molecular formula is C33H50N3O+. The second-order valence-electron chi connectivity index (χ2n) is 9.27.